The molecule has 0 spiro atoms. The molecule has 1 rings (SSSR count). The largest absolute Gasteiger partial charge is 0.369 e. The summed E-state index contributed by atoms with van der Waals surface area (Å²) < 4.78 is 0. The number of amides is 1. The molecule has 0 unspecified atom stereocenters. The number of hydrogen-bond donors (Lipinski definition) is 0. The molecular weight excluding hydrogens is 138 g/mol. The Balaban J connectivity index is 2.58. The Hall–Kier alpha value is -0.640. The van der Waals surface area contributed by atoms with Gasteiger partial charge in [-0.25, -0.2) is 0 Å². The zero-order chi connectivity index (χ0) is 6.85. The standard InChI is InChI=1S/C5H7NO2S/c1-2-6-4(7)3-5(9)8-6/h2-3H2,1H3. The minimum absolute atomic E-state index is 0.0394. The summed E-state index contributed by atoms with van der Waals surface area (Å²) in [4.78, 5) is 15.6. The summed E-state index contributed by atoms with van der Waals surface area (Å²) in [6, 6.07) is 0. The van der Waals surface area contributed by atoms with Crippen LogP contribution >= 0.6 is 12.2 Å². The van der Waals surface area contributed by atoms with E-state index in [0.717, 1.165) is 0 Å². The van der Waals surface area contributed by atoms with E-state index in [1.54, 1.807) is 0 Å². The lowest BCUT2D eigenvalue weighted by atomic mass is 10.4. The zero-order valence-electron chi connectivity index (χ0n) is 5.09. The third kappa shape index (κ3) is 1.18. The molecule has 1 amide bonds. The Morgan fingerprint density at radius 2 is 2.56 bits per heavy atom. The van der Waals surface area contributed by atoms with Gasteiger partial charge in [-0.3, -0.25) is 4.79 Å². The van der Waals surface area contributed by atoms with Gasteiger partial charge in [0.2, 0.25) is 5.05 Å². The van der Waals surface area contributed by atoms with E-state index in [2.05, 4.69) is 12.2 Å². The van der Waals surface area contributed by atoms with E-state index in [0.29, 0.717) is 11.6 Å². The molecule has 1 aliphatic heterocycles. The van der Waals surface area contributed by atoms with Crippen molar-refractivity contribution >= 4 is 23.2 Å². The molecule has 4 heteroatoms. The molecule has 1 fully saturated rings. The van der Waals surface area contributed by atoms with Gasteiger partial charge in [0.05, 0.1) is 6.54 Å². The molecular formula is C5H7NO2S. The van der Waals surface area contributed by atoms with Gasteiger partial charge in [0.25, 0.3) is 5.91 Å². The highest BCUT2D eigenvalue weighted by molar-refractivity contribution is 7.80. The number of hydrogen-bond acceptors (Lipinski definition) is 3. The molecule has 1 saturated heterocycles. The molecule has 3 nitrogen and oxygen atoms in total. The number of rotatable bonds is 1. The van der Waals surface area contributed by atoms with Crippen LogP contribution in [0.25, 0.3) is 0 Å². The Morgan fingerprint density at radius 3 is 2.78 bits per heavy atom. The maximum Gasteiger partial charge on any atom is 0.263 e. The van der Waals surface area contributed by atoms with Crippen LogP contribution in [0.4, 0.5) is 0 Å². The first kappa shape index (κ1) is 6.48. The number of carbonyl (C=O) groups is 1. The third-order valence-corrected chi connectivity index (χ3v) is 1.29. The number of hydroxylamine groups is 2. The summed E-state index contributed by atoms with van der Waals surface area (Å²) in [7, 11) is 0. The van der Waals surface area contributed by atoms with Gasteiger partial charge in [-0.15, -0.1) is 0 Å². The van der Waals surface area contributed by atoms with Crippen molar-refractivity contribution in [2.24, 2.45) is 0 Å². The normalized spacial score (nSPS) is 18.6. The van der Waals surface area contributed by atoms with Crippen LogP contribution in [0.3, 0.4) is 0 Å². The molecule has 0 atom stereocenters. The topological polar surface area (TPSA) is 29.5 Å². The fraction of sp³-hybridized carbons (Fsp3) is 0.600. The van der Waals surface area contributed by atoms with Crippen LogP contribution in [0, 0.1) is 0 Å². The second kappa shape index (κ2) is 2.31. The molecule has 0 aromatic heterocycles. The maximum absolute atomic E-state index is 10.7. The summed E-state index contributed by atoms with van der Waals surface area (Å²) in [6.07, 6.45) is 0.267. The number of nitrogens with zero attached hydrogens (tertiary/aromatic N) is 1. The van der Waals surface area contributed by atoms with E-state index in [9.17, 15) is 4.79 Å². The monoisotopic (exact) mass is 145 g/mol. The quantitative estimate of drug-likeness (QED) is 0.503. The molecule has 50 valence electrons. The molecule has 0 N–H and O–H groups in total. The molecule has 9 heavy (non-hydrogen) atoms. The molecule has 0 aromatic carbocycles. The SMILES string of the molecule is CCN1OC(=S)CC1=O. The van der Waals surface area contributed by atoms with Gasteiger partial charge in [0, 0.05) is 0 Å². The van der Waals surface area contributed by atoms with Gasteiger partial charge in [-0.1, -0.05) is 0 Å². The smallest absolute Gasteiger partial charge is 0.263 e. The minimum atomic E-state index is -0.0394. The summed E-state index contributed by atoms with van der Waals surface area (Å²) in [6.45, 7) is 2.41. The van der Waals surface area contributed by atoms with Gasteiger partial charge in [0.15, 0.2) is 0 Å². The van der Waals surface area contributed by atoms with Crippen molar-refractivity contribution in [2.45, 2.75) is 13.3 Å². The van der Waals surface area contributed by atoms with Crippen molar-refractivity contribution < 1.29 is 9.63 Å². The Bertz CT molecular complexity index is 157. The zero-order valence-corrected chi connectivity index (χ0v) is 5.90. The van der Waals surface area contributed by atoms with Crippen molar-refractivity contribution in [3.05, 3.63) is 0 Å². The molecule has 0 aliphatic carbocycles. The first-order chi connectivity index (χ1) is 4.24. The fourth-order valence-corrected chi connectivity index (χ4v) is 0.872. The van der Waals surface area contributed by atoms with Gasteiger partial charge >= 0.3 is 0 Å². The van der Waals surface area contributed by atoms with Crippen LogP contribution in [0.1, 0.15) is 13.3 Å². The summed E-state index contributed by atoms with van der Waals surface area (Å²) in [5, 5.41) is 1.64. The van der Waals surface area contributed by atoms with Gasteiger partial charge in [-0.05, 0) is 19.1 Å². The van der Waals surface area contributed by atoms with E-state index in [1.165, 1.54) is 5.06 Å². The molecule has 0 saturated carbocycles. The average molecular weight is 145 g/mol. The predicted molar refractivity (Wildman–Crippen MR) is 35.7 cm³/mol. The van der Waals surface area contributed by atoms with E-state index < -0.39 is 0 Å². The molecule has 0 bridgehead atoms. The van der Waals surface area contributed by atoms with Gasteiger partial charge < -0.3 is 4.84 Å². The van der Waals surface area contributed by atoms with Crippen molar-refractivity contribution in [2.75, 3.05) is 6.54 Å². The number of thiocarbonyl (C=S) groups is 1. The summed E-state index contributed by atoms with van der Waals surface area (Å²) in [5.74, 6) is -0.0394. The van der Waals surface area contributed by atoms with Crippen LogP contribution in [-0.2, 0) is 9.63 Å². The summed E-state index contributed by atoms with van der Waals surface area (Å²) >= 11 is 4.65. The van der Waals surface area contributed by atoms with E-state index in [-0.39, 0.29) is 12.3 Å². The minimum Gasteiger partial charge on any atom is -0.369 e. The molecule has 0 radical (unpaired) electrons. The highest BCUT2D eigenvalue weighted by Gasteiger charge is 2.24. The van der Waals surface area contributed by atoms with Crippen LogP contribution in [0.5, 0.6) is 0 Å². The first-order valence-corrected chi connectivity index (χ1v) is 3.16. The highest BCUT2D eigenvalue weighted by Crippen LogP contribution is 2.08. The lowest BCUT2D eigenvalue weighted by Gasteiger charge is -2.08. The maximum atomic E-state index is 10.7. The number of carbonyl (C=O) groups excluding carboxylic acids is 1. The highest BCUT2D eigenvalue weighted by atomic mass is 32.1. The molecule has 0 aromatic rings. The lowest BCUT2D eigenvalue weighted by molar-refractivity contribution is -0.149. The van der Waals surface area contributed by atoms with Crippen molar-refractivity contribution in [1.82, 2.24) is 5.06 Å². The lowest BCUT2D eigenvalue weighted by Crippen LogP contribution is -2.22. The van der Waals surface area contributed by atoms with E-state index >= 15 is 0 Å². The van der Waals surface area contributed by atoms with E-state index in [1.807, 2.05) is 6.92 Å². The fourth-order valence-electron chi connectivity index (χ4n) is 0.659. The van der Waals surface area contributed by atoms with Crippen LogP contribution in [-0.4, -0.2) is 22.6 Å². The van der Waals surface area contributed by atoms with Gasteiger partial charge in [0.1, 0.15) is 6.42 Å². The Kier molecular flexibility index (Phi) is 1.66. The van der Waals surface area contributed by atoms with E-state index in [4.69, 9.17) is 4.84 Å². The first-order valence-electron chi connectivity index (χ1n) is 2.75. The molecule has 1 heterocycles. The molecule has 1 aliphatic rings. The predicted octanol–water partition coefficient (Wildman–Crippen LogP) is 0.498. The van der Waals surface area contributed by atoms with Gasteiger partial charge in [-0.2, -0.15) is 5.06 Å². The van der Waals surface area contributed by atoms with Crippen LogP contribution in [0.2, 0.25) is 0 Å². The Labute approximate surface area is 58.5 Å². The van der Waals surface area contributed by atoms with Crippen molar-refractivity contribution in [1.29, 1.82) is 0 Å². The van der Waals surface area contributed by atoms with Crippen LogP contribution < -0.4 is 0 Å². The second-order valence-electron chi connectivity index (χ2n) is 1.73. The van der Waals surface area contributed by atoms with Crippen molar-refractivity contribution in [3.63, 3.8) is 0 Å². The second-order valence-corrected chi connectivity index (χ2v) is 2.18. The Morgan fingerprint density at radius 1 is 1.89 bits per heavy atom. The third-order valence-electron chi connectivity index (χ3n) is 1.07. The average Bonchev–Trinajstić information content (AvgIpc) is 2.10. The van der Waals surface area contributed by atoms with Crippen LogP contribution in [0.15, 0.2) is 0 Å². The van der Waals surface area contributed by atoms with Crippen molar-refractivity contribution in [3.8, 4) is 0 Å². The summed E-state index contributed by atoms with van der Waals surface area (Å²) in [5.41, 5.74) is 0.